The number of carbonyl (C=O) groups excluding carboxylic acids is 1. The lowest BCUT2D eigenvalue weighted by Gasteiger charge is -2.55. The molecule has 0 aliphatic heterocycles. The van der Waals surface area contributed by atoms with E-state index in [9.17, 15) is 9.90 Å². The molecule has 1 amide bonds. The van der Waals surface area contributed by atoms with Crippen LogP contribution >= 0.6 is 0 Å². The first-order valence-electron chi connectivity index (χ1n) is 9.40. The standard InChI is InChI=1S/C19H33NO2/c1-13(2)5-14(3-4-21)12-20-18(22)19-9-15-6-16(10-19)8-17(7-15)11-19/h13-17,21H,3-12H2,1-2H3,(H,20,22). The first-order valence-corrected chi connectivity index (χ1v) is 9.40. The zero-order valence-electron chi connectivity index (χ0n) is 14.3. The van der Waals surface area contributed by atoms with E-state index in [1.54, 1.807) is 0 Å². The normalized spacial score (nSPS) is 37.5. The molecule has 4 rings (SSSR count). The molecule has 1 unspecified atom stereocenters. The van der Waals surface area contributed by atoms with Gasteiger partial charge in [0.15, 0.2) is 0 Å². The summed E-state index contributed by atoms with van der Waals surface area (Å²) in [7, 11) is 0. The lowest BCUT2D eigenvalue weighted by Crippen LogP contribution is -2.54. The number of aliphatic hydroxyl groups excluding tert-OH is 1. The number of rotatable bonds is 7. The van der Waals surface area contributed by atoms with Gasteiger partial charge in [0, 0.05) is 18.6 Å². The summed E-state index contributed by atoms with van der Waals surface area (Å²) >= 11 is 0. The molecule has 3 heteroatoms. The van der Waals surface area contributed by atoms with E-state index in [0.29, 0.717) is 17.7 Å². The van der Waals surface area contributed by atoms with Gasteiger partial charge in [-0.15, -0.1) is 0 Å². The second-order valence-corrected chi connectivity index (χ2v) is 8.92. The molecule has 4 fully saturated rings. The SMILES string of the molecule is CC(C)CC(CCO)CNC(=O)C12CC3CC(CC(C3)C1)C2. The average Bonchev–Trinajstić information content (AvgIpc) is 2.42. The van der Waals surface area contributed by atoms with Gasteiger partial charge in [0.25, 0.3) is 0 Å². The smallest absolute Gasteiger partial charge is 0.226 e. The Kier molecular flexibility index (Phi) is 4.82. The third kappa shape index (κ3) is 3.34. The van der Waals surface area contributed by atoms with Gasteiger partial charge in [-0.25, -0.2) is 0 Å². The second-order valence-electron chi connectivity index (χ2n) is 8.92. The summed E-state index contributed by atoms with van der Waals surface area (Å²) in [5.41, 5.74) is -0.0314. The molecular weight excluding hydrogens is 274 g/mol. The number of hydrogen-bond donors (Lipinski definition) is 2. The number of amides is 1. The molecule has 0 aromatic heterocycles. The molecule has 0 spiro atoms. The van der Waals surface area contributed by atoms with Gasteiger partial charge in [0.2, 0.25) is 5.91 Å². The van der Waals surface area contributed by atoms with Crippen LogP contribution in [0, 0.1) is 35.0 Å². The summed E-state index contributed by atoms with van der Waals surface area (Å²) in [6, 6.07) is 0. The van der Waals surface area contributed by atoms with Crippen LogP contribution in [0.3, 0.4) is 0 Å². The minimum Gasteiger partial charge on any atom is -0.396 e. The highest BCUT2D eigenvalue weighted by atomic mass is 16.3. The minimum absolute atomic E-state index is 0.0314. The van der Waals surface area contributed by atoms with Crippen LogP contribution in [0.4, 0.5) is 0 Å². The molecule has 4 saturated carbocycles. The molecule has 4 bridgehead atoms. The zero-order valence-corrected chi connectivity index (χ0v) is 14.3. The van der Waals surface area contributed by atoms with Gasteiger partial charge in [0.1, 0.15) is 0 Å². The maximum atomic E-state index is 12.9. The van der Waals surface area contributed by atoms with Crippen molar-refractivity contribution in [2.45, 2.75) is 65.2 Å². The summed E-state index contributed by atoms with van der Waals surface area (Å²) < 4.78 is 0. The molecule has 0 aromatic rings. The summed E-state index contributed by atoms with van der Waals surface area (Å²) in [5, 5.41) is 12.5. The number of nitrogens with one attached hydrogen (secondary N) is 1. The van der Waals surface area contributed by atoms with Crippen molar-refractivity contribution < 1.29 is 9.90 Å². The molecule has 0 aromatic carbocycles. The van der Waals surface area contributed by atoms with Gasteiger partial charge in [-0.2, -0.15) is 0 Å². The van der Waals surface area contributed by atoms with Gasteiger partial charge in [-0.1, -0.05) is 13.8 Å². The van der Waals surface area contributed by atoms with Gasteiger partial charge in [0.05, 0.1) is 0 Å². The molecule has 0 radical (unpaired) electrons. The van der Waals surface area contributed by atoms with Crippen LogP contribution in [0.15, 0.2) is 0 Å². The fourth-order valence-electron chi connectivity index (χ4n) is 5.97. The van der Waals surface area contributed by atoms with E-state index >= 15 is 0 Å². The summed E-state index contributed by atoms with van der Waals surface area (Å²) in [6.45, 7) is 5.40. The van der Waals surface area contributed by atoms with Gasteiger partial charge in [-0.05, 0) is 81.0 Å². The average molecular weight is 307 g/mol. The first kappa shape index (κ1) is 16.3. The Balaban J connectivity index is 1.57. The van der Waals surface area contributed by atoms with Crippen molar-refractivity contribution >= 4 is 5.91 Å². The highest BCUT2D eigenvalue weighted by Crippen LogP contribution is 2.60. The van der Waals surface area contributed by atoms with E-state index < -0.39 is 0 Å². The maximum absolute atomic E-state index is 12.9. The minimum atomic E-state index is -0.0314. The predicted molar refractivity (Wildman–Crippen MR) is 88.3 cm³/mol. The van der Waals surface area contributed by atoms with Crippen LogP contribution in [0.5, 0.6) is 0 Å². The predicted octanol–water partition coefficient (Wildman–Crippen LogP) is 3.36. The van der Waals surface area contributed by atoms with Crippen molar-refractivity contribution in [2.75, 3.05) is 13.2 Å². The molecule has 2 N–H and O–H groups in total. The lowest BCUT2D eigenvalue weighted by atomic mass is 9.49. The number of hydrogen-bond acceptors (Lipinski definition) is 2. The fourth-order valence-corrected chi connectivity index (χ4v) is 5.97. The van der Waals surface area contributed by atoms with Crippen molar-refractivity contribution in [3.05, 3.63) is 0 Å². The Labute approximate surface area is 135 Å². The summed E-state index contributed by atoms with van der Waals surface area (Å²) in [4.78, 5) is 12.9. The van der Waals surface area contributed by atoms with E-state index in [1.165, 1.54) is 19.3 Å². The molecule has 126 valence electrons. The van der Waals surface area contributed by atoms with Crippen molar-refractivity contribution in [2.24, 2.45) is 35.0 Å². The van der Waals surface area contributed by atoms with Crippen molar-refractivity contribution in [1.29, 1.82) is 0 Å². The van der Waals surface area contributed by atoms with E-state index in [2.05, 4.69) is 19.2 Å². The molecule has 4 aliphatic carbocycles. The molecular formula is C19H33NO2. The Morgan fingerprint density at radius 3 is 2.14 bits per heavy atom. The third-order valence-corrected chi connectivity index (χ3v) is 6.41. The van der Waals surface area contributed by atoms with Crippen molar-refractivity contribution in [3.63, 3.8) is 0 Å². The largest absolute Gasteiger partial charge is 0.396 e. The van der Waals surface area contributed by atoms with Crippen LogP contribution < -0.4 is 5.32 Å². The van der Waals surface area contributed by atoms with E-state index in [-0.39, 0.29) is 12.0 Å². The van der Waals surface area contributed by atoms with Crippen molar-refractivity contribution in [3.8, 4) is 0 Å². The van der Waals surface area contributed by atoms with Crippen molar-refractivity contribution in [1.82, 2.24) is 5.32 Å². The van der Waals surface area contributed by atoms with Gasteiger partial charge in [-0.3, -0.25) is 4.79 Å². The highest BCUT2D eigenvalue weighted by molar-refractivity contribution is 5.83. The lowest BCUT2D eigenvalue weighted by molar-refractivity contribution is -0.146. The van der Waals surface area contributed by atoms with Crippen LogP contribution in [-0.2, 0) is 4.79 Å². The maximum Gasteiger partial charge on any atom is 0.226 e. The van der Waals surface area contributed by atoms with Crippen LogP contribution in [0.2, 0.25) is 0 Å². The quantitative estimate of drug-likeness (QED) is 0.757. The molecule has 0 heterocycles. The molecule has 22 heavy (non-hydrogen) atoms. The summed E-state index contributed by atoms with van der Waals surface area (Å²) in [6.07, 6.45) is 9.45. The molecule has 0 saturated heterocycles. The van der Waals surface area contributed by atoms with Crippen LogP contribution in [0.25, 0.3) is 0 Å². The van der Waals surface area contributed by atoms with E-state index in [0.717, 1.165) is 56.4 Å². The van der Waals surface area contributed by atoms with E-state index in [1.807, 2.05) is 0 Å². The Bertz CT molecular complexity index is 369. The second kappa shape index (κ2) is 6.51. The van der Waals surface area contributed by atoms with Crippen LogP contribution in [-0.4, -0.2) is 24.2 Å². The molecule has 1 atom stereocenters. The Morgan fingerprint density at radius 2 is 1.68 bits per heavy atom. The van der Waals surface area contributed by atoms with Gasteiger partial charge < -0.3 is 10.4 Å². The fraction of sp³-hybridized carbons (Fsp3) is 0.947. The van der Waals surface area contributed by atoms with E-state index in [4.69, 9.17) is 0 Å². The first-order chi connectivity index (χ1) is 10.5. The number of carbonyl (C=O) groups is 1. The highest BCUT2D eigenvalue weighted by Gasteiger charge is 2.54. The zero-order chi connectivity index (χ0) is 15.7. The summed E-state index contributed by atoms with van der Waals surface area (Å²) in [5.74, 6) is 3.83. The third-order valence-electron chi connectivity index (χ3n) is 6.41. The Hall–Kier alpha value is -0.570. The van der Waals surface area contributed by atoms with Gasteiger partial charge >= 0.3 is 0 Å². The topological polar surface area (TPSA) is 49.3 Å². The Morgan fingerprint density at radius 1 is 1.14 bits per heavy atom. The monoisotopic (exact) mass is 307 g/mol. The van der Waals surface area contributed by atoms with Crippen LogP contribution in [0.1, 0.15) is 65.2 Å². The molecule has 4 aliphatic rings. The number of aliphatic hydroxyl groups is 1. The molecule has 3 nitrogen and oxygen atoms in total.